The van der Waals surface area contributed by atoms with Crippen LogP contribution in [-0.4, -0.2) is 23.2 Å². The summed E-state index contributed by atoms with van der Waals surface area (Å²) in [5, 5.41) is 0. The van der Waals surface area contributed by atoms with Crippen molar-refractivity contribution in [2.24, 2.45) is 0 Å². The van der Waals surface area contributed by atoms with E-state index in [0.29, 0.717) is 5.92 Å². The summed E-state index contributed by atoms with van der Waals surface area (Å²) in [5.74, 6) is 1.16. The first-order chi connectivity index (χ1) is 7.97. The van der Waals surface area contributed by atoms with E-state index in [4.69, 9.17) is 4.74 Å². The predicted molar refractivity (Wildman–Crippen MR) is 66.4 cm³/mol. The van der Waals surface area contributed by atoms with E-state index in [-0.39, 0.29) is 11.0 Å². The minimum Gasteiger partial charge on any atom is -0.381 e. The van der Waals surface area contributed by atoms with Crippen molar-refractivity contribution >= 4 is 0 Å². The van der Waals surface area contributed by atoms with Crippen LogP contribution in [0.3, 0.4) is 0 Å². The molecule has 17 heavy (non-hydrogen) atoms. The summed E-state index contributed by atoms with van der Waals surface area (Å²) in [6, 6.07) is 1.60. The molecule has 1 aromatic heterocycles. The van der Waals surface area contributed by atoms with Crippen LogP contribution in [0.5, 0.6) is 0 Å². The topological polar surface area (TPSA) is 55.0 Å². The van der Waals surface area contributed by atoms with Gasteiger partial charge in [0.2, 0.25) is 0 Å². The summed E-state index contributed by atoms with van der Waals surface area (Å²) in [7, 11) is 0. The van der Waals surface area contributed by atoms with Crippen LogP contribution in [0, 0.1) is 0 Å². The van der Waals surface area contributed by atoms with Gasteiger partial charge in [-0.25, -0.2) is 4.98 Å². The van der Waals surface area contributed by atoms with Gasteiger partial charge < -0.3 is 9.72 Å². The van der Waals surface area contributed by atoms with Crippen molar-refractivity contribution < 1.29 is 4.74 Å². The van der Waals surface area contributed by atoms with Crippen molar-refractivity contribution in [3.05, 3.63) is 27.9 Å². The third-order valence-electron chi connectivity index (χ3n) is 3.14. The summed E-state index contributed by atoms with van der Waals surface area (Å²) in [6.07, 6.45) is 1.88. The molecule has 4 nitrogen and oxygen atoms in total. The smallest absolute Gasteiger partial charge is 0.251 e. The lowest BCUT2D eigenvalue weighted by molar-refractivity contribution is 0.0834. The van der Waals surface area contributed by atoms with E-state index in [2.05, 4.69) is 30.7 Å². The summed E-state index contributed by atoms with van der Waals surface area (Å²) in [5.41, 5.74) is 0.725. The lowest BCUT2D eigenvalue weighted by Crippen LogP contribution is -2.24. The maximum absolute atomic E-state index is 11.7. The number of rotatable bonds is 1. The van der Waals surface area contributed by atoms with Gasteiger partial charge in [0.15, 0.2) is 0 Å². The van der Waals surface area contributed by atoms with Gasteiger partial charge in [-0.05, 0) is 12.8 Å². The van der Waals surface area contributed by atoms with Gasteiger partial charge in [-0.15, -0.1) is 0 Å². The average Bonchev–Trinajstić information content (AvgIpc) is 2.28. The molecule has 0 spiro atoms. The standard InChI is InChI=1S/C13H20N2O2/c1-13(2,3)10-8-11(16)15-12(14-10)9-4-6-17-7-5-9/h8-9H,4-7H2,1-3H3,(H,14,15,16). The van der Waals surface area contributed by atoms with Crippen molar-refractivity contribution in [1.82, 2.24) is 9.97 Å². The molecule has 0 aliphatic carbocycles. The van der Waals surface area contributed by atoms with Crippen LogP contribution in [0.1, 0.15) is 51.0 Å². The summed E-state index contributed by atoms with van der Waals surface area (Å²) in [4.78, 5) is 19.2. The van der Waals surface area contributed by atoms with Crippen LogP contribution in [0.25, 0.3) is 0 Å². The Labute approximate surface area is 101 Å². The van der Waals surface area contributed by atoms with Crippen LogP contribution in [0.4, 0.5) is 0 Å². The molecule has 0 bridgehead atoms. The van der Waals surface area contributed by atoms with Gasteiger partial charge in [-0.3, -0.25) is 4.79 Å². The monoisotopic (exact) mass is 236 g/mol. The normalized spacial score (nSPS) is 18.3. The van der Waals surface area contributed by atoms with Crippen LogP contribution < -0.4 is 5.56 Å². The number of ether oxygens (including phenoxy) is 1. The fraction of sp³-hybridized carbons (Fsp3) is 0.692. The molecule has 94 valence electrons. The average molecular weight is 236 g/mol. The van der Waals surface area contributed by atoms with Crippen molar-refractivity contribution in [1.29, 1.82) is 0 Å². The van der Waals surface area contributed by atoms with E-state index in [9.17, 15) is 4.79 Å². The molecule has 1 N–H and O–H groups in total. The van der Waals surface area contributed by atoms with E-state index in [1.54, 1.807) is 6.07 Å². The Morgan fingerprint density at radius 3 is 2.59 bits per heavy atom. The molecule has 2 rings (SSSR count). The molecule has 4 heteroatoms. The highest BCUT2D eigenvalue weighted by Crippen LogP contribution is 2.25. The molecule has 1 fully saturated rings. The molecule has 1 aliphatic rings. The van der Waals surface area contributed by atoms with Crippen LogP contribution >= 0.6 is 0 Å². The number of hydrogen-bond donors (Lipinski definition) is 1. The molecule has 0 saturated carbocycles. The van der Waals surface area contributed by atoms with E-state index in [0.717, 1.165) is 37.6 Å². The first-order valence-corrected chi connectivity index (χ1v) is 6.16. The lowest BCUT2D eigenvalue weighted by Gasteiger charge is -2.23. The highest BCUT2D eigenvalue weighted by molar-refractivity contribution is 5.14. The van der Waals surface area contributed by atoms with E-state index >= 15 is 0 Å². The zero-order valence-electron chi connectivity index (χ0n) is 10.7. The van der Waals surface area contributed by atoms with Crippen LogP contribution in [-0.2, 0) is 10.2 Å². The zero-order valence-corrected chi connectivity index (χ0v) is 10.7. The molecule has 2 heterocycles. The third-order valence-corrected chi connectivity index (χ3v) is 3.14. The highest BCUT2D eigenvalue weighted by Gasteiger charge is 2.22. The van der Waals surface area contributed by atoms with E-state index < -0.39 is 0 Å². The van der Waals surface area contributed by atoms with Crippen molar-refractivity contribution in [2.75, 3.05) is 13.2 Å². The number of nitrogens with zero attached hydrogens (tertiary/aromatic N) is 1. The Morgan fingerprint density at radius 1 is 1.35 bits per heavy atom. The maximum Gasteiger partial charge on any atom is 0.251 e. The molecule has 0 atom stereocenters. The maximum atomic E-state index is 11.7. The quantitative estimate of drug-likeness (QED) is 0.811. The van der Waals surface area contributed by atoms with Crippen LogP contribution in [0.2, 0.25) is 0 Å². The van der Waals surface area contributed by atoms with Crippen LogP contribution in [0.15, 0.2) is 10.9 Å². The highest BCUT2D eigenvalue weighted by atomic mass is 16.5. The number of hydrogen-bond acceptors (Lipinski definition) is 3. The molecule has 1 aliphatic heterocycles. The second-order valence-electron chi connectivity index (χ2n) is 5.65. The molecule has 1 aromatic rings. The lowest BCUT2D eigenvalue weighted by atomic mass is 9.91. The third kappa shape index (κ3) is 2.94. The summed E-state index contributed by atoms with van der Waals surface area (Å²) < 4.78 is 5.33. The number of aromatic nitrogens is 2. The van der Waals surface area contributed by atoms with Gasteiger partial charge in [0, 0.05) is 30.6 Å². The molecular weight excluding hydrogens is 216 g/mol. The predicted octanol–water partition coefficient (Wildman–Crippen LogP) is 1.96. The second-order valence-corrected chi connectivity index (χ2v) is 5.65. The number of H-pyrrole nitrogens is 1. The number of aromatic amines is 1. The molecule has 0 unspecified atom stereocenters. The summed E-state index contributed by atoms with van der Waals surface area (Å²) in [6.45, 7) is 7.73. The van der Waals surface area contributed by atoms with Crippen molar-refractivity contribution in [3.63, 3.8) is 0 Å². The minimum absolute atomic E-state index is 0.0496. The van der Waals surface area contributed by atoms with Crippen molar-refractivity contribution in [2.45, 2.75) is 44.9 Å². The first kappa shape index (κ1) is 12.3. The zero-order chi connectivity index (χ0) is 12.5. The Hall–Kier alpha value is -1.16. The molecular formula is C13H20N2O2. The molecule has 0 amide bonds. The SMILES string of the molecule is CC(C)(C)c1cc(=O)[nH]c(C2CCOCC2)n1. The second kappa shape index (κ2) is 4.61. The van der Waals surface area contributed by atoms with Gasteiger partial charge in [0.25, 0.3) is 5.56 Å². The fourth-order valence-electron chi connectivity index (χ4n) is 2.03. The Morgan fingerprint density at radius 2 is 2.00 bits per heavy atom. The molecule has 0 radical (unpaired) electrons. The summed E-state index contributed by atoms with van der Waals surface area (Å²) >= 11 is 0. The van der Waals surface area contributed by atoms with E-state index in [1.807, 2.05) is 0 Å². The van der Waals surface area contributed by atoms with Gasteiger partial charge in [0.05, 0.1) is 5.69 Å². The van der Waals surface area contributed by atoms with Crippen molar-refractivity contribution in [3.8, 4) is 0 Å². The van der Waals surface area contributed by atoms with Gasteiger partial charge in [-0.1, -0.05) is 20.8 Å². The Bertz CT molecular complexity index is 439. The van der Waals surface area contributed by atoms with Gasteiger partial charge in [0.1, 0.15) is 5.82 Å². The Balaban J connectivity index is 2.34. The van der Waals surface area contributed by atoms with E-state index in [1.165, 1.54) is 0 Å². The van der Waals surface area contributed by atoms with Gasteiger partial charge in [-0.2, -0.15) is 0 Å². The van der Waals surface area contributed by atoms with Gasteiger partial charge >= 0.3 is 0 Å². The Kier molecular flexibility index (Phi) is 3.33. The largest absolute Gasteiger partial charge is 0.381 e. The first-order valence-electron chi connectivity index (χ1n) is 6.16. The molecule has 0 aromatic carbocycles. The number of nitrogens with one attached hydrogen (secondary N) is 1. The fourth-order valence-corrected chi connectivity index (χ4v) is 2.03. The minimum atomic E-state index is -0.0891. The molecule has 1 saturated heterocycles.